The van der Waals surface area contributed by atoms with Gasteiger partial charge in [0.2, 0.25) is 0 Å². The molecule has 0 aromatic rings. The molecule has 0 radical (unpaired) electrons. The minimum Gasteiger partial charge on any atom is -0.345 e. The molecule has 0 atom stereocenters. The Balaban J connectivity index is -0.0000000800. The van der Waals surface area contributed by atoms with E-state index >= 15 is 0 Å². The van der Waals surface area contributed by atoms with Crippen molar-refractivity contribution in [3.8, 4) is 0 Å². The van der Waals surface area contributed by atoms with E-state index in [1.165, 1.54) is 13.3 Å². The van der Waals surface area contributed by atoms with Crippen LogP contribution in [0.1, 0.15) is 14.9 Å². The monoisotopic (exact) mass is 126 g/mol. The lowest BCUT2D eigenvalue weighted by Crippen LogP contribution is -1.62. The SMILES string of the molecule is C.C.CP(C)(=O)O. The van der Waals surface area contributed by atoms with Crippen molar-refractivity contribution in [3.63, 3.8) is 0 Å². The molecule has 0 aliphatic carbocycles. The summed E-state index contributed by atoms with van der Waals surface area (Å²) in [5, 5.41) is 0. The Morgan fingerprint density at radius 1 is 1.29 bits per heavy atom. The molecule has 0 heterocycles. The lowest BCUT2D eigenvalue weighted by atomic mass is 11.9. The fourth-order valence-electron chi connectivity index (χ4n) is 0. The van der Waals surface area contributed by atoms with Gasteiger partial charge in [0, 0.05) is 13.3 Å². The van der Waals surface area contributed by atoms with Gasteiger partial charge >= 0.3 is 0 Å². The van der Waals surface area contributed by atoms with Gasteiger partial charge in [0.1, 0.15) is 0 Å². The van der Waals surface area contributed by atoms with Crippen molar-refractivity contribution in [1.29, 1.82) is 0 Å². The second kappa shape index (κ2) is 4.35. The van der Waals surface area contributed by atoms with Crippen molar-refractivity contribution >= 4 is 7.37 Å². The lowest BCUT2D eigenvalue weighted by molar-refractivity contribution is 0.492. The van der Waals surface area contributed by atoms with Gasteiger partial charge in [-0.1, -0.05) is 14.9 Å². The van der Waals surface area contributed by atoms with Gasteiger partial charge in [-0.15, -0.1) is 0 Å². The van der Waals surface area contributed by atoms with E-state index in [2.05, 4.69) is 0 Å². The Hall–Kier alpha value is 0.190. The summed E-state index contributed by atoms with van der Waals surface area (Å²) in [6, 6.07) is 0. The first kappa shape index (κ1) is 15.7. The van der Waals surface area contributed by atoms with Crippen LogP contribution in [0.15, 0.2) is 0 Å². The highest BCUT2D eigenvalue weighted by atomic mass is 31.2. The molecule has 0 unspecified atom stereocenters. The smallest absolute Gasteiger partial charge is 0.194 e. The number of rotatable bonds is 0. The van der Waals surface area contributed by atoms with Crippen LogP contribution in [0.3, 0.4) is 0 Å². The Morgan fingerprint density at radius 3 is 1.29 bits per heavy atom. The van der Waals surface area contributed by atoms with Gasteiger partial charge in [0.05, 0.1) is 0 Å². The van der Waals surface area contributed by atoms with Gasteiger partial charge in [-0.3, -0.25) is 4.57 Å². The van der Waals surface area contributed by atoms with Crippen molar-refractivity contribution in [2.24, 2.45) is 0 Å². The highest BCUT2D eigenvalue weighted by Crippen LogP contribution is 2.27. The summed E-state index contributed by atoms with van der Waals surface area (Å²) in [5.74, 6) is 0. The van der Waals surface area contributed by atoms with Crippen molar-refractivity contribution in [1.82, 2.24) is 0 Å². The standard InChI is InChI=1S/C2H7O2P.2CH4/c1-5(2,3)4;;/h1-2H3,(H,3,4);2*1H4. The molecule has 0 spiro atoms. The fraction of sp³-hybridized carbons (Fsp3) is 1.00. The van der Waals surface area contributed by atoms with Crippen LogP contribution in [0, 0.1) is 0 Å². The van der Waals surface area contributed by atoms with E-state index in [1.54, 1.807) is 0 Å². The molecule has 0 saturated heterocycles. The molecule has 0 aliphatic heterocycles. The van der Waals surface area contributed by atoms with Crippen molar-refractivity contribution in [2.45, 2.75) is 14.9 Å². The zero-order valence-electron chi connectivity index (χ0n) is 3.30. The summed E-state index contributed by atoms with van der Waals surface area (Å²) in [5.41, 5.74) is 0. The first-order chi connectivity index (χ1) is 2.00. The number of hydrogen-bond acceptors (Lipinski definition) is 1. The van der Waals surface area contributed by atoms with E-state index in [0.717, 1.165) is 0 Å². The van der Waals surface area contributed by atoms with E-state index in [9.17, 15) is 4.57 Å². The zero-order valence-corrected chi connectivity index (χ0v) is 4.20. The summed E-state index contributed by atoms with van der Waals surface area (Å²) >= 11 is 0. The maximum atomic E-state index is 9.77. The largest absolute Gasteiger partial charge is 0.345 e. The maximum Gasteiger partial charge on any atom is 0.194 e. The van der Waals surface area contributed by atoms with Crippen LogP contribution in [0.2, 0.25) is 0 Å². The molecule has 0 rings (SSSR count). The van der Waals surface area contributed by atoms with Crippen molar-refractivity contribution in [2.75, 3.05) is 13.3 Å². The molecule has 0 fully saturated rings. The second-order valence-corrected chi connectivity index (χ2v) is 3.88. The Labute approximate surface area is 46.0 Å². The maximum absolute atomic E-state index is 9.77. The van der Waals surface area contributed by atoms with Crippen LogP contribution in [0.25, 0.3) is 0 Å². The summed E-state index contributed by atoms with van der Waals surface area (Å²) in [4.78, 5) is 8.08. The molecule has 0 amide bonds. The minimum absolute atomic E-state index is 0. The van der Waals surface area contributed by atoms with Crippen molar-refractivity contribution in [3.05, 3.63) is 0 Å². The van der Waals surface area contributed by atoms with Gasteiger partial charge in [-0.2, -0.15) is 0 Å². The van der Waals surface area contributed by atoms with E-state index in [-0.39, 0.29) is 14.9 Å². The zero-order chi connectivity index (χ0) is 4.50. The highest BCUT2D eigenvalue weighted by Gasteiger charge is 1.92. The van der Waals surface area contributed by atoms with Crippen LogP contribution >= 0.6 is 7.37 Å². The van der Waals surface area contributed by atoms with Crippen molar-refractivity contribution < 1.29 is 9.46 Å². The summed E-state index contributed by atoms with van der Waals surface area (Å²) in [6.07, 6.45) is 0. The van der Waals surface area contributed by atoms with E-state index in [0.29, 0.717) is 0 Å². The fourth-order valence-corrected chi connectivity index (χ4v) is 0. The summed E-state index contributed by atoms with van der Waals surface area (Å²) in [6.45, 7) is 2.60. The molecule has 48 valence electrons. The predicted molar refractivity (Wildman–Crippen MR) is 35.1 cm³/mol. The Morgan fingerprint density at radius 2 is 1.29 bits per heavy atom. The molecule has 0 saturated carbocycles. The van der Waals surface area contributed by atoms with E-state index < -0.39 is 7.37 Å². The Bertz CT molecular complexity index is 55.8. The van der Waals surface area contributed by atoms with Crippen LogP contribution < -0.4 is 0 Å². The van der Waals surface area contributed by atoms with E-state index in [4.69, 9.17) is 4.89 Å². The van der Waals surface area contributed by atoms with Crippen LogP contribution in [-0.4, -0.2) is 18.2 Å². The quantitative estimate of drug-likeness (QED) is 0.502. The van der Waals surface area contributed by atoms with Gasteiger partial charge in [0.15, 0.2) is 7.37 Å². The average Bonchev–Trinajstić information content (AvgIpc) is 0.722. The third kappa shape index (κ3) is 3010. The Kier molecular flexibility index (Phi) is 9.76. The van der Waals surface area contributed by atoms with Gasteiger partial charge in [-0.25, -0.2) is 0 Å². The molecular weight excluding hydrogens is 111 g/mol. The first-order valence-electron chi connectivity index (χ1n) is 1.28. The molecule has 0 aliphatic rings. The molecule has 7 heavy (non-hydrogen) atoms. The predicted octanol–water partition coefficient (Wildman–Crippen LogP) is 1.79. The van der Waals surface area contributed by atoms with Gasteiger partial charge < -0.3 is 4.89 Å². The summed E-state index contributed by atoms with van der Waals surface area (Å²) < 4.78 is 9.77. The lowest BCUT2D eigenvalue weighted by Gasteiger charge is -1.86. The topological polar surface area (TPSA) is 37.3 Å². The molecule has 2 nitrogen and oxygen atoms in total. The normalized spacial score (nSPS) is 8.43. The minimum atomic E-state index is -2.64. The van der Waals surface area contributed by atoms with E-state index in [1.807, 2.05) is 0 Å². The molecule has 1 N–H and O–H groups in total. The molecule has 0 bridgehead atoms. The van der Waals surface area contributed by atoms with Crippen LogP contribution in [0.4, 0.5) is 0 Å². The van der Waals surface area contributed by atoms with Gasteiger partial charge in [0.25, 0.3) is 0 Å². The first-order valence-corrected chi connectivity index (χ1v) is 3.83. The molecule has 0 aromatic carbocycles. The number of hydrogen-bond donors (Lipinski definition) is 1. The molecule has 0 aromatic heterocycles. The van der Waals surface area contributed by atoms with Crippen LogP contribution in [0.5, 0.6) is 0 Å². The molecule has 3 heteroatoms. The highest BCUT2D eigenvalue weighted by molar-refractivity contribution is 7.56. The molecular formula is C4H15O2P. The van der Waals surface area contributed by atoms with Gasteiger partial charge in [-0.05, 0) is 0 Å². The summed E-state index contributed by atoms with van der Waals surface area (Å²) in [7, 11) is -2.64. The second-order valence-electron chi connectivity index (χ2n) is 1.29. The third-order valence-corrected chi connectivity index (χ3v) is 0. The van der Waals surface area contributed by atoms with Crippen LogP contribution in [-0.2, 0) is 4.57 Å². The third-order valence-electron chi connectivity index (χ3n) is 0. The average molecular weight is 126 g/mol.